The molecule has 35 heavy (non-hydrogen) atoms. The van der Waals surface area contributed by atoms with Crippen LogP contribution in [0.1, 0.15) is 10.4 Å². The number of amides is 1. The maximum Gasteiger partial charge on any atom is 0.349 e. The summed E-state index contributed by atoms with van der Waals surface area (Å²) < 4.78 is 6.94. The van der Waals surface area contributed by atoms with Gasteiger partial charge in [-0.25, -0.2) is 4.79 Å². The summed E-state index contributed by atoms with van der Waals surface area (Å²) in [6.07, 6.45) is 3.37. The minimum atomic E-state index is -0.694. The van der Waals surface area contributed by atoms with Crippen molar-refractivity contribution in [2.24, 2.45) is 0 Å². The van der Waals surface area contributed by atoms with Gasteiger partial charge in [0, 0.05) is 34.6 Å². The Morgan fingerprint density at radius 2 is 1.71 bits per heavy atom. The van der Waals surface area contributed by atoms with Crippen LogP contribution in [0, 0.1) is 0 Å². The van der Waals surface area contributed by atoms with Crippen LogP contribution in [0.25, 0.3) is 39.3 Å². The van der Waals surface area contributed by atoms with Gasteiger partial charge in [-0.05, 0) is 48.5 Å². The second-order valence-electron chi connectivity index (χ2n) is 7.77. The SMILES string of the molecule is O=C(Nc1cccc(-c2ccc3nnc(-c4ccncc4)n3n2)c1)c1cc2ccccc2oc1=O. The number of para-hydroxylation sites is 1. The molecule has 0 aliphatic rings. The van der Waals surface area contributed by atoms with E-state index < -0.39 is 11.5 Å². The highest BCUT2D eigenvalue weighted by molar-refractivity contribution is 6.05. The highest BCUT2D eigenvalue weighted by Crippen LogP contribution is 2.24. The Bertz CT molecular complexity index is 1780. The Morgan fingerprint density at radius 3 is 2.60 bits per heavy atom. The lowest BCUT2D eigenvalue weighted by Gasteiger charge is -2.08. The van der Waals surface area contributed by atoms with E-state index in [9.17, 15) is 9.59 Å². The number of hydrogen-bond donors (Lipinski definition) is 1. The van der Waals surface area contributed by atoms with Gasteiger partial charge in [0.2, 0.25) is 0 Å². The normalized spacial score (nSPS) is 11.1. The van der Waals surface area contributed by atoms with Gasteiger partial charge in [-0.15, -0.1) is 10.2 Å². The maximum absolute atomic E-state index is 12.9. The van der Waals surface area contributed by atoms with Crippen LogP contribution >= 0.6 is 0 Å². The van der Waals surface area contributed by atoms with E-state index in [0.29, 0.717) is 33.8 Å². The maximum atomic E-state index is 12.9. The molecule has 6 rings (SSSR count). The molecule has 6 aromatic rings. The lowest BCUT2D eigenvalue weighted by molar-refractivity contribution is 0.102. The lowest BCUT2D eigenvalue weighted by Crippen LogP contribution is -2.20. The number of nitrogens with zero attached hydrogens (tertiary/aromatic N) is 5. The highest BCUT2D eigenvalue weighted by Gasteiger charge is 2.15. The van der Waals surface area contributed by atoms with E-state index in [4.69, 9.17) is 9.52 Å². The quantitative estimate of drug-likeness (QED) is 0.392. The van der Waals surface area contributed by atoms with Crippen molar-refractivity contribution in [3.63, 3.8) is 0 Å². The number of rotatable bonds is 4. The van der Waals surface area contributed by atoms with E-state index in [1.165, 1.54) is 6.07 Å². The fraction of sp³-hybridized carbons (Fsp3) is 0. The van der Waals surface area contributed by atoms with Gasteiger partial charge in [0.05, 0.1) is 5.69 Å². The van der Waals surface area contributed by atoms with E-state index in [-0.39, 0.29) is 5.56 Å². The summed E-state index contributed by atoms with van der Waals surface area (Å²) >= 11 is 0. The Labute approximate surface area is 197 Å². The molecule has 0 fully saturated rings. The van der Waals surface area contributed by atoms with Crippen LogP contribution in [-0.2, 0) is 0 Å². The van der Waals surface area contributed by atoms with Crippen molar-refractivity contribution in [3.05, 3.63) is 107 Å². The van der Waals surface area contributed by atoms with Gasteiger partial charge in [-0.3, -0.25) is 9.78 Å². The molecule has 9 nitrogen and oxygen atoms in total. The van der Waals surface area contributed by atoms with Crippen LogP contribution in [0.5, 0.6) is 0 Å². The molecule has 9 heteroatoms. The zero-order valence-corrected chi connectivity index (χ0v) is 18.1. The summed E-state index contributed by atoms with van der Waals surface area (Å²) in [5.74, 6) is 0.0422. The van der Waals surface area contributed by atoms with Crippen molar-refractivity contribution >= 4 is 28.2 Å². The number of carbonyl (C=O) groups is 1. The highest BCUT2D eigenvalue weighted by atomic mass is 16.4. The summed E-state index contributed by atoms with van der Waals surface area (Å²) in [7, 11) is 0. The molecular weight excluding hydrogens is 444 g/mol. The number of hydrogen-bond acceptors (Lipinski definition) is 7. The second kappa shape index (κ2) is 8.31. The standard InChI is InChI=1S/C26H16N6O3/c33-25(20-15-18-4-1-2-7-22(18)35-26(20)34)28-19-6-3-5-17(14-19)21-8-9-23-29-30-24(32(23)31-21)16-10-12-27-13-11-16/h1-15H,(H,28,33). The first-order chi connectivity index (χ1) is 17.2. The fourth-order valence-corrected chi connectivity index (χ4v) is 3.80. The first-order valence-corrected chi connectivity index (χ1v) is 10.7. The van der Waals surface area contributed by atoms with Gasteiger partial charge < -0.3 is 9.73 Å². The monoisotopic (exact) mass is 460 g/mol. The van der Waals surface area contributed by atoms with Crippen molar-refractivity contribution in [3.8, 4) is 22.6 Å². The van der Waals surface area contributed by atoms with Crippen LogP contribution in [-0.4, -0.2) is 30.7 Å². The van der Waals surface area contributed by atoms with Crippen molar-refractivity contribution in [2.45, 2.75) is 0 Å². The molecule has 0 atom stereocenters. The minimum absolute atomic E-state index is 0.0693. The largest absolute Gasteiger partial charge is 0.422 e. The average molecular weight is 460 g/mol. The zero-order chi connectivity index (χ0) is 23.8. The van der Waals surface area contributed by atoms with E-state index in [0.717, 1.165) is 11.1 Å². The minimum Gasteiger partial charge on any atom is -0.422 e. The van der Waals surface area contributed by atoms with Crippen molar-refractivity contribution < 1.29 is 9.21 Å². The molecular formula is C26H16N6O3. The number of anilines is 1. The topological polar surface area (TPSA) is 115 Å². The Kier molecular flexibility index (Phi) is 4.85. The Morgan fingerprint density at radius 1 is 0.857 bits per heavy atom. The third kappa shape index (κ3) is 3.80. The summed E-state index contributed by atoms with van der Waals surface area (Å²) in [4.78, 5) is 29.2. The number of fused-ring (bicyclic) bond motifs is 2. The molecule has 1 N–H and O–H groups in total. The molecule has 1 amide bonds. The van der Waals surface area contributed by atoms with E-state index in [2.05, 4.69) is 20.5 Å². The van der Waals surface area contributed by atoms with Gasteiger partial charge >= 0.3 is 5.63 Å². The van der Waals surface area contributed by atoms with Crippen LogP contribution in [0.3, 0.4) is 0 Å². The molecule has 0 unspecified atom stereocenters. The van der Waals surface area contributed by atoms with Crippen molar-refractivity contribution in [1.29, 1.82) is 0 Å². The molecule has 4 aromatic heterocycles. The predicted molar refractivity (Wildman–Crippen MR) is 130 cm³/mol. The number of aromatic nitrogens is 5. The van der Waals surface area contributed by atoms with Crippen molar-refractivity contribution in [1.82, 2.24) is 24.8 Å². The number of carbonyl (C=O) groups excluding carboxylic acids is 1. The fourth-order valence-electron chi connectivity index (χ4n) is 3.80. The molecule has 0 bridgehead atoms. The first-order valence-electron chi connectivity index (χ1n) is 10.7. The third-order valence-electron chi connectivity index (χ3n) is 5.50. The predicted octanol–water partition coefficient (Wildman–Crippen LogP) is 4.21. The number of pyridine rings is 1. The molecule has 0 radical (unpaired) electrons. The molecule has 2 aromatic carbocycles. The van der Waals surface area contributed by atoms with Gasteiger partial charge in [0.25, 0.3) is 5.91 Å². The average Bonchev–Trinajstić information content (AvgIpc) is 3.32. The van der Waals surface area contributed by atoms with E-state index in [1.54, 1.807) is 53.3 Å². The van der Waals surface area contributed by atoms with Crippen LogP contribution in [0.4, 0.5) is 5.69 Å². The molecule has 0 aliphatic heterocycles. The summed E-state index contributed by atoms with van der Waals surface area (Å²) in [6, 6.07) is 23.1. The van der Waals surface area contributed by atoms with Crippen molar-refractivity contribution in [2.75, 3.05) is 5.32 Å². The van der Waals surface area contributed by atoms with Gasteiger partial charge in [0.15, 0.2) is 11.5 Å². The smallest absolute Gasteiger partial charge is 0.349 e. The van der Waals surface area contributed by atoms with E-state index >= 15 is 0 Å². The van der Waals surface area contributed by atoms with Crippen LogP contribution in [0.2, 0.25) is 0 Å². The molecule has 0 saturated carbocycles. The zero-order valence-electron chi connectivity index (χ0n) is 18.1. The molecule has 0 aliphatic carbocycles. The number of nitrogens with one attached hydrogen (secondary N) is 1. The molecule has 168 valence electrons. The first kappa shape index (κ1) is 20.4. The van der Waals surface area contributed by atoms with Gasteiger partial charge in [-0.2, -0.15) is 9.61 Å². The van der Waals surface area contributed by atoms with E-state index in [1.807, 2.05) is 36.4 Å². The Balaban J connectivity index is 1.33. The van der Waals surface area contributed by atoms with Gasteiger partial charge in [0.1, 0.15) is 11.1 Å². The lowest BCUT2D eigenvalue weighted by atomic mass is 10.1. The van der Waals surface area contributed by atoms with Crippen LogP contribution in [0.15, 0.2) is 100 Å². The summed E-state index contributed by atoms with van der Waals surface area (Å²) in [6.45, 7) is 0. The van der Waals surface area contributed by atoms with Gasteiger partial charge in [-0.1, -0.05) is 30.3 Å². The third-order valence-corrected chi connectivity index (χ3v) is 5.50. The molecule has 0 spiro atoms. The van der Waals surface area contributed by atoms with Crippen LogP contribution < -0.4 is 10.9 Å². The molecule has 4 heterocycles. The summed E-state index contributed by atoms with van der Waals surface area (Å²) in [5.41, 5.74) is 3.05. The summed E-state index contributed by atoms with van der Waals surface area (Å²) in [5, 5.41) is 16.6. The number of benzene rings is 2. The second-order valence-corrected chi connectivity index (χ2v) is 7.77. The Hall–Kier alpha value is -5.18. The molecule has 0 saturated heterocycles.